The van der Waals surface area contributed by atoms with Gasteiger partial charge in [0.05, 0.1) is 21.8 Å². The van der Waals surface area contributed by atoms with Gasteiger partial charge in [-0.05, 0) is 25.5 Å². The summed E-state index contributed by atoms with van der Waals surface area (Å²) < 4.78 is 27.4. The summed E-state index contributed by atoms with van der Waals surface area (Å²) in [5.41, 5.74) is 0.253. The van der Waals surface area contributed by atoms with Crippen molar-refractivity contribution >= 4 is 33.2 Å². The number of carboxylic acids is 1. The van der Waals surface area contributed by atoms with Crippen LogP contribution in [0.2, 0.25) is 0 Å². The van der Waals surface area contributed by atoms with Gasteiger partial charge in [-0.25, -0.2) is 8.42 Å². The van der Waals surface area contributed by atoms with E-state index in [4.69, 9.17) is 0 Å². The number of sulfonamides is 1. The minimum absolute atomic E-state index is 0.124. The number of benzene rings is 1. The molecule has 0 fully saturated rings. The van der Waals surface area contributed by atoms with Crippen LogP contribution in [0.5, 0.6) is 0 Å². The minimum Gasteiger partial charge on any atom is -0.548 e. The fourth-order valence-electron chi connectivity index (χ4n) is 2.21. The molecule has 25 heavy (non-hydrogen) atoms. The van der Waals surface area contributed by atoms with Crippen molar-refractivity contribution in [1.29, 1.82) is 0 Å². The highest BCUT2D eigenvalue weighted by Gasteiger charge is 2.26. The van der Waals surface area contributed by atoms with Gasteiger partial charge in [-0.15, -0.1) is 11.3 Å². The molecule has 0 radical (unpaired) electrons. The molecule has 1 atom stereocenters. The fourth-order valence-corrected chi connectivity index (χ4v) is 4.89. The number of aliphatic carboxylic acids is 1. The Morgan fingerprint density at radius 1 is 1.24 bits per heavy atom. The molecular formula is C16H17N2O5S2-. The lowest BCUT2D eigenvalue weighted by Gasteiger charge is -2.20. The first-order valence-corrected chi connectivity index (χ1v) is 9.73. The zero-order valence-corrected chi connectivity index (χ0v) is 15.2. The summed E-state index contributed by atoms with van der Waals surface area (Å²) in [5.74, 6) is -1.94. The summed E-state index contributed by atoms with van der Waals surface area (Å²) in [6.07, 6.45) is 0. The average molecular weight is 381 g/mol. The molecular weight excluding hydrogens is 364 g/mol. The Kier molecular flexibility index (Phi) is 5.93. The van der Waals surface area contributed by atoms with Crippen LogP contribution >= 0.6 is 11.3 Å². The molecule has 0 spiro atoms. The van der Waals surface area contributed by atoms with E-state index in [0.29, 0.717) is 11.4 Å². The van der Waals surface area contributed by atoms with E-state index in [0.717, 1.165) is 11.3 Å². The predicted molar refractivity (Wildman–Crippen MR) is 91.6 cm³/mol. The number of thiophene rings is 1. The van der Waals surface area contributed by atoms with Crippen LogP contribution in [-0.2, 0) is 14.8 Å². The summed E-state index contributed by atoms with van der Waals surface area (Å²) >= 11 is 1.03. The van der Waals surface area contributed by atoms with Gasteiger partial charge in [0, 0.05) is 11.4 Å². The number of carbonyl (C=O) groups is 2. The van der Waals surface area contributed by atoms with Gasteiger partial charge in [0.25, 0.3) is 5.91 Å². The molecule has 1 aromatic heterocycles. The molecule has 0 saturated carbocycles. The molecule has 9 heteroatoms. The zero-order valence-electron chi connectivity index (χ0n) is 13.6. The Morgan fingerprint density at radius 3 is 2.44 bits per heavy atom. The normalized spacial score (nSPS) is 12.6. The number of carboxylic acid groups (broad SMARTS) is 1. The van der Waals surface area contributed by atoms with E-state index in [2.05, 4.69) is 10.0 Å². The molecule has 134 valence electrons. The van der Waals surface area contributed by atoms with Crippen molar-refractivity contribution in [2.45, 2.75) is 24.8 Å². The van der Waals surface area contributed by atoms with Crippen molar-refractivity contribution in [1.82, 2.24) is 10.0 Å². The second-order valence-corrected chi connectivity index (χ2v) is 8.11. The van der Waals surface area contributed by atoms with Crippen LogP contribution in [0.3, 0.4) is 0 Å². The van der Waals surface area contributed by atoms with Crippen molar-refractivity contribution < 1.29 is 23.1 Å². The summed E-state index contributed by atoms with van der Waals surface area (Å²) in [7, 11) is -4.15. The van der Waals surface area contributed by atoms with Crippen molar-refractivity contribution in [3.63, 3.8) is 0 Å². The first-order chi connectivity index (χ1) is 11.8. The van der Waals surface area contributed by atoms with E-state index in [9.17, 15) is 23.1 Å². The van der Waals surface area contributed by atoms with Gasteiger partial charge < -0.3 is 15.2 Å². The van der Waals surface area contributed by atoms with E-state index < -0.39 is 22.0 Å². The van der Waals surface area contributed by atoms with Gasteiger partial charge in [0.1, 0.15) is 0 Å². The maximum atomic E-state index is 12.6. The third kappa shape index (κ3) is 4.44. The second kappa shape index (κ2) is 7.77. The number of hydrogen-bond donors (Lipinski definition) is 2. The molecule has 0 aliphatic heterocycles. The number of carbonyl (C=O) groups excluding carboxylic acids is 2. The molecule has 2 rings (SSSR count). The monoisotopic (exact) mass is 381 g/mol. The lowest BCUT2D eigenvalue weighted by Crippen LogP contribution is -2.41. The molecule has 1 amide bonds. The minimum atomic E-state index is -4.15. The standard InChI is InChI=1S/C16H18N2O5S2/c1-3-17-15(19)12-9-13(10(2)24-12)25(22,23)18-14(16(20)21)11-7-5-4-6-8-11/h4-9,14,18H,3H2,1-2H3,(H,17,19)(H,20,21)/p-1/t14-/m0/s1. The average Bonchev–Trinajstić information content (AvgIpc) is 2.96. The number of rotatable bonds is 7. The molecule has 2 N–H and O–H groups in total. The van der Waals surface area contributed by atoms with Gasteiger partial charge in [0.15, 0.2) is 0 Å². The van der Waals surface area contributed by atoms with E-state index in [1.165, 1.54) is 18.2 Å². The molecule has 0 unspecified atom stereocenters. The largest absolute Gasteiger partial charge is 0.548 e. The van der Waals surface area contributed by atoms with Crippen LogP contribution in [0.4, 0.5) is 0 Å². The summed E-state index contributed by atoms with van der Waals surface area (Å²) in [6, 6.07) is 7.58. The quantitative estimate of drug-likeness (QED) is 0.728. The number of nitrogens with one attached hydrogen (secondary N) is 2. The Labute approximate surface area is 149 Å². The van der Waals surface area contributed by atoms with E-state index in [-0.39, 0.29) is 21.2 Å². The molecule has 1 heterocycles. The van der Waals surface area contributed by atoms with Gasteiger partial charge >= 0.3 is 0 Å². The molecule has 0 aliphatic carbocycles. The van der Waals surface area contributed by atoms with Crippen LogP contribution in [0.15, 0.2) is 41.3 Å². The van der Waals surface area contributed by atoms with Crippen molar-refractivity contribution in [3.05, 3.63) is 51.7 Å². The van der Waals surface area contributed by atoms with Crippen LogP contribution in [0.25, 0.3) is 0 Å². The lowest BCUT2D eigenvalue weighted by molar-refractivity contribution is -0.308. The van der Waals surface area contributed by atoms with Crippen LogP contribution in [0, 0.1) is 6.92 Å². The first kappa shape index (κ1) is 19.1. The highest BCUT2D eigenvalue weighted by molar-refractivity contribution is 7.89. The summed E-state index contributed by atoms with van der Waals surface area (Å²) in [4.78, 5) is 23.8. The maximum absolute atomic E-state index is 12.6. The SMILES string of the molecule is CCNC(=O)c1cc(S(=O)(=O)N[C@H](C(=O)[O-])c2ccccc2)c(C)s1. The zero-order chi connectivity index (χ0) is 18.6. The van der Waals surface area contributed by atoms with Crippen molar-refractivity contribution in [3.8, 4) is 0 Å². The smallest absolute Gasteiger partial charge is 0.261 e. The van der Waals surface area contributed by atoms with E-state index >= 15 is 0 Å². The van der Waals surface area contributed by atoms with Crippen LogP contribution in [-0.4, -0.2) is 26.8 Å². The molecule has 0 aliphatic rings. The highest BCUT2D eigenvalue weighted by atomic mass is 32.2. The second-order valence-electron chi connectivity index (χ2n) is 5.17. The fraction of sp³-hybridized carbons (Fsp3) is 0.250. The topological polar surface area (TPSA) is 115 Å². The van der Waals surface area contributed by atoms with Gasteiger partial charge in [-0.3, -0.25) is 4.79 Å². The number of amides is 1. The Balaban J connectivity index is 2.35. The first-order valence-electron chi connectivity index (χ1n) is 7.43. The number of hydrogen-bond acceptors (Lipinski definition) is 6. The van der Waals surface area contributed by atoms with Crippen molar-refractivity contribution in [2.24, 2.45) is 0 Å². The Hall–Kier alpha value is -2.23. The van der Waals surface area contributed by atoms with Gasteiger partial charge in [0.2, 0.25) is 10.0 Å². The van der Waals surface area contributed by atoms with E-state index in [1.807, 2.05) is 0 Å². The third-order valence-corrected chi connectivity index (χ3v) is 6.09. The van der Waals surface area contributed by atoms with Crippen LogP contribution < -0.4 is 15.1 Å². The molecule has 7 nitrogen and oxygen atoms in total. The van der Waals surface area contributed by atoms with Crippen molar-refractivity contribution in [2.75, 3.05) is 6.54 Å². The molecule has 0 bridgehead atoms. The molecule has 0 saturated heterocycles. The lowest BCUT2D eigenvalue weighted by atomic mass is 10.1. The maximum Gasteiger partial charge on any atom is 0.261 e. The summed E-state index contributed by atoms with van der Waals surface area (Å²) in [6.45, 7) is 3.72. The van der Waals surface area contributed by atoms with E-state index in [1.54, 1.807) is 32.0 Å². The molecule has 2 aromatic rings. The third-order valence-electron chi connectivity index (χ3n) is 3.36. The number of aryl methyl sites for hydroxylation is 1. The van der Waals surface area contributed by atoms with Crippen LogP contribution in [0.1, 0.15) is 33.1 Å². The predicted octanol–water partition coefficient (Wildman–Crippen LogP) is 0.576. The Morgan fingerprint density at radius 2 is 1.88 bits per heavy atom. The van der Waals surface area contributed by atoms with Gasteiger partial charge in [-0.1, -0.05) is 30.3 Å². The molecule has 1 aromatic carbocycles. The highest BCUT2D eigenvalue weighted by Crippen LogP contribution is 2.27. The Bertz CT molecular complexity index is 875. The van der Waals surface area contributed by atoms with Gasteiger partial charge in [-0.2, -0.15) is 4.72 Å². The summed E-state index contributed by atoms with van der Waals surface area (Å²) in [5, 5.41) is 14.0.